The highest BCUT2D eigenvalue weighted by atomic mass is 32.2. The van der Waals surface area contributed by atoms with Gasteiger partial charge in [-0.05, 0) is 66.8 Å². The molecule has 0 spiro atoms. The van der Waals surface area contributed by atoms with Gasteiger partial charge in [0, 0.05) is 36.6 Å². The Morgan fingerprint density at radius 1 is 0.909 bits per heavy atom. The number of nitrogens with zero attached hydrogens (tertiary/aromatic N) is 2. The third-order valence-electron chi connectivity index (χ3n) is 5.39. The van der Waals surface area contributed by atoms with Crippen molar-refractivity contribution in [3.05, 3.63) is 89.7 Å². The summed E-state index contributed by atoms with van der Waals surface area (Å²) in [5.41, 5.74) is 3.77. The summed E-state index contributed by atoms with van der Waals surface area (Å²) in [5, 5.41) is 2.94. The minimum Gasteiger partial charge on any atom is -0.326 e. The first kappa shape index (κ1) is 22.7. The zero-order valence-corrected chi connectivity index (χ0v) is 19.0. The predicted molar refractivity (Wildman–Crippen MR) is 129 cm³/mol. The van der Waals surface area contributed by atoms with E-state index in [4.69, 9.17) is 0 Å². The van der Waals surface area contributed by atoms with Crippen LogP contribution in [0.4, 0.5) is 5.69 Å². The van der Waals surface area contributed by atoms with E-state index in [2.05, 4.69) is 20.0 Å². The highest BCUT2D eigenvalue weighted by Crippen LogP contribution is 2.22. The fourth-order valence-corrected chi connectivity index (χ4v) is 4.93. The molecule has 1 aliphatic heterocycles. The monoisotopic (exact) mass is 462 g/mol. The molecule has 0 saturated carbocycles. The van der Waals surface area contributed by atoms with Crippen molar-refractivity contribution in [3.8, 4) is 0 Å². The van der Waals surface area contributed by atoms with Crippen molar-refractivity contribution >= 4 is 27.5 Å². The van der Waals surface area contributed by atoms with Crippen molar-refractivity contribution in [1.29, 1.82) is 0 Å². The number of rotatable bonds is 9. The second-order valence-corrected chi connectivity index (χ2v) is 9.57. The Morgan fingerprint density at radius 2 is 1.64 bits per heavy atom. The second kappa shape index (κ2) is 10.4. The molecule has 33 heavy (non-hydrogen) atoms. The Hall–Kier alpha value is -3.52. The maximum atomic E-state index is 12.2. The molecule has 7 nitrogen and oxygen atoms in total. The van der Waals surface area contributed by atoms with Gasteiger partial charge in [-0.3, -0.25) is 19.5 Å². The van der Waals surface area contributed by atoms with Crippen LogP contribution in [0.2, 0.25) is 0 Å². The predicted octanol–water partition coefficient (Wildman–Crippen LogP) is 3.91. The lowest BCUT2D eigenvalue weighted by molar-refractivity contribution is -0.116. The molecule has 3 aromatic rings. The number of carbonyl (C=O) groups is 1. The number of unbranched alkanes of at least 4 members (excludes halogenated alkanes) is 2. The van der Waals surface area contributed by atoms with Crippen molar-refractivity contribution in [2.45, 2.75) is 37.0 Å². The molecule has 1 aromatic heterocycles. The third-order valence-corrected chi connectivity index (χ3v) is 6.79. The van der Waals surface area contributed by atoms with Crippen molar-refractivity contribution in [3.63, 3.8) is 0 Å². The topological polar surface area (TPSA) is 101 Å². The first-order valence-electron chi connectivity index (χ1n) is 11.0. The van der Waals surface area contributed by atoms with E-state index < -0.39 is 10.0 Å². The normalized spacial score (nSPS) is 15.1. The number of carbonyl (C=O) groups excluding carboxylic acids is 1. The molecule has 1 amide bonds. The number of benzene rings is 2. The van der Waals surface area contributed by atoms with Crippen molar-refractivity contribution in [2.75, 3.05) is 11.9 Å². The molecular weight excluding hydrogens is 436 g/mol. The van der Waals surface area contributed by atoms with E-state index in [0.717, 1.165) is 31.4 Å². The van der Waals surface area contributed by atoms with Gasteiger partial charge < -0.3 is 5.32 Å². The first-order valence-corrected chi connectivity index (χ1v) is 12.4. The molecule has 0 unspecified atom stereocenters. The molecule has 0 radical (unpaired) electrons. The van der Waals surface area contributed by atoms with Gasteiger partial charge in [0.2, 0.25) is 5.91 Å². The van der Waals surface area contributed by atoms with Gasteiger partial charge in [-0.2, -0.15) is 0 Å². The van der Waals surface area contributed by atoms with Crippen molar-refractivity contribution in [2.24, 2.45) is 4.99 Å². The molecule has 0 atom stereocenters. The summed E-state index contributed by atoms with van der Waals surface area (Å²) >= 11 is 0. The summed E-state index contributed by atoms with van der Waals surface area (Å²) < 4.78 is 26.7. The maximum absolute atomic E-state index is 12.2. The van der Waals surface area contributed by atoms with Crippen LogP contribution >= 0.6 is 0 Å². The Bertz CT molecular complexity index is 1240. The Balaban J connectivity index is 1.17. The Labute approximate surface area is 194 Å². The van der Waals surface area contributed by atoms with Crippen LogP contribution in [0, 0.1) is 0 Å². The molecule has 2 N–H and O–H groups in total. The van der Waals surface area contributed by atoms with Gasteiger partial charge >= 0.3 is 0 Å². The number of nitrogens with one attached hydrogen (secondary N) is 2. The molecule has 8 heteroatoms. The van der Waals surface area contributed by atoms with Gasteiger partial charge in [-0.15, -0.1) is 0 Å². The van der Waals surface area contributed by atoms with Crippen LogP contribution in [-0.2, 0) is 21.2 Å². The van der Waals surface area contributed by atoms with E-state index in [-0.39, 0.29) is 10.8 Å². The average Bonchev–Trinajstić information content (AvgIpc) is 3.08. The van der Waals surface area contributed by atoms with Gasteiger partial charge in [-0.25, -0.2) is 8.42 Å². The summed E-state index contributed by atoms with van der Waals surface area (Å²) in [6.45, 7) is 0.507. The Kier molecular flexibility index (Phi) is 7.14. The third kappa shape index (κ3) is 6.04. The van der Waals surface area contributed by atoms with Crippen LogP contribution < -0.4 is 10.0 Å². The number of anilines is 1. The van der Waals surface area contributed by atoms with Crippen LogP contribution in [-0.4, -0.2) is 31.7 Å². The van der Waals surface area contributed by atoms with Crippen molar-refractivity contribution in [1.82, 2.24) is 9.71 Å². The maximum Gasteiger partial charge on any atom is 0.263 e. The molecule has 0 bridgehead atoms. The van der Waals surface area contributed by atoms with Gasteiger partial charge in [0.25, 0.3) is 10.0 Å². The molecule has 2 heterocycles. The quantitative estimate of drug-likeness (QED) is 0.471. The molecule has 170 valence electrons. The van der Waals surface area contributed by atoms with Gasteiger partial charge in [0.15, 0.2) is 0 Å². The van der Waals surface area contributed by atoms with E-state index in [1.165, 1.54) is 11.1 Å². The van der Waals surface area contributed by atoms with Crippen molar-refractivity contribution < 1.29 is 13.2 Å². The van der Waals surface area contributed by atoms with Crippen LogP contribution in [0.1, 0.15) is 42.4 Å². The molecule has 2 aromatic carbocycles. The minimum atomic E-state index is -3.50. The Morgan fingerprint density at radius 3 is 2.42 bits per heavy atom. The molecular formula is C25H26N4O3S. The molecule has 0 saturated heterocycles. The summed E-state index contributed by atoms with van der Waals surface area (Å²) in [6.07, 6.45) is 7.20. The number of hydrogen-bond acceptors (Lipinski definition) is 5. The highest BCUT2D eigenvalue weighted by molar-refractivity contribution is 7.90. The number of amides is 1. The number of sulfonamides is 1. The van der Waals surface area contributed by atoms with E-state index in [1.807, 2.05) is 36.4 Å². The van der Waals surface area contributed by atoms with Gasteiger partial charge in [-0.1, -0.05) is 30.7 Å². The fraction of sp³-hybridized carbons (Fsp3) is 0.240. The lowest BCUT2D eigenvalue weighted by Crippen LogP contribution is -2.22. The van der Waals surface area contributed by atoms with Crippen LogP contribution in [0.3, 0.4) is 0 Å². The van der Waals surface area contributed by atoms with E-state index >= 15 is 0 Å². The molecule has 0 fully saturated rings. The van der Waals surface area contributed by atoms with E-state index in [1.54, 1.807) is 36.7 Å². The van der Waals surface area contributed by atoms with Crippen LogP contribution in [0.5, 0.6) is 0 Å². The van der Waals surface area contributed by atoms with E-state index in [9.17, 15) is 13.2 Å². The summed E-state index contributed by atoms with van der Waals surface area (Å²) in [5.74, 6) is 0.386. The second-order valence-electron chi connectivity index (χ2n) is 7.92. The largest absolute Gasteiger partial charge is 0.326 e. The SMILES string of the molecule is O=C(CCCCCN=C1NS(=O)(=O)c2ccccc21)Nc1ccc(Cc2ccncc2)cc1. The molecule has 0 aliphatic carbocycles. The summed E-state index contributed by atoms with van der Waals surface area (Å²) in [4.78, 5) is 20.9. The molecule has 4 rings (SSSR count). The first-order chi connectivity index (χ1) is 16.0. The molecule has 1 aliphatic rings. The van der Waals surface area contributed by atoms with Gasteiger partial charge in [0.05, 0.1) is 4.90 Å². The number of fused-ring (bicyclic) bond motifs is 1. The standard InChI is InChI=1S/C25H26N4O3S/c30-24(28-21-11-9-19(10-12-21)18-20-13-16-26-17-14-20)8-2-1-5-15-27-25-22-6-3-4-7-23(22)33(31,32)29-25/h3-4,6-7,9-14,16-17H,1-2,5,8,15,18H2,(H,27,29)(H,28,30). The lowest BCUT2D eigenvalue weighted by Gasteiger charge is -2.07. The zero-order chi connectivity index (χ0) is 23.1. The minimum absolute atomic E-state index is 0.0133. The summed E-state index contributed by atoms with van der Waals surface area (Å²) in [6, 6.07) is 18.7. The number of hydrogen-bond donors (Lipinski definition) is 2. The summed E-state index contributed by atoms with van der Waals surface area (Å²) in [7, 11) is -3.50. The highest BCUT2D eigenvalue weighted by Gasteiger charge is 2.29. The van der Waals surface area contributed by atoms with Gasteiger partial charge in [0.1, 0.15) is 5.84 Å². The number of aliphatic imine (C=N–C) groups is 1. The lowest BCUT2D eigenvalue weighted by atomic mass is 10.1. The van der Waals surface area contributed by atoms with Crippen LogP contribution in [0.15, 0.2) is 82.9 Å². The fourth-order valence-electron chi connectivity index (χ4n) is 3.68. The number of amidine groups is 1. The van der Waals surface area contributed by atoms with Crippen LogP contribution in [0.25, 0.3) is 0 Å². The number of pyridine rings is 1. The number of aromatic nitrogens is 1. The average molecular weight is 463 g/mol. The zero-order valence-electron chi connectivity index (χ0n) is 18.2. The smallest absolute Gasteiger partial charge is 0.263 e. The van der Waals surface area contributed by atoms with E-state index in [0.29, 0.717) is 24.4 Å².